The molecule has 0 bridgehead atoms. The van der Waals surface area contributed by atoms with Crippen molar-refractivity contribution in [2.75, 3.05) is 31.6 Å². The molecule has 0 aromatic carbocycles. The summed E-state index contributed by atoms with van der Waals surface area (Å²) in [4.78, 5) is 15.6. The van der Waals surface area contributed by atoms with Gasteiger partial charge < -0.3 is 20.3 Å². The lowest BCUT2D eigenvalue weighted by atomic mass is 9.60. The van der Waals surface area contributed by atoms with E-state index in [2.05, 4.69) is 37.4 Å². The van der Waals surface area contributed by atoms with Crippen molar-refractivity contribution in [3.8, 4) is 0 Å². The first-order valence-corrected chi connectivity index (χ1v) is 10.9. The van der Waals surface area contributed by atoms with Gasteiger partial charge >= 0.3 is 0 Å². The summed E-state index contributed by atoms with van der Waals surface area (Å²) in [6.45, 7) is 4.83. The Labute approximate surface area is 191 Å². The maximum atomic E-state index is 6.05. The van der Waals surface area contributed by atoms with Crippen molar-refractivity contribution in [3.63, 3.8) is 0 Å². The summed E-state index contributed by atoms with van der Waals surface area (Å²) in [7, 11) is 1.87. The van der Waals surface area contributed by atoms with Gasteiger partial charge in [-0.05, 0) is 45.1 Å². The van der Waals surface area contributed by atoms with Gasteiger partial charge in [0, 0.05) is 56.6 Å². The Morgan fingerprint density at radius 2 is 2.00 bits per heavy atom. The van der Waals surface area contributed by atoms with Crippen molar-refractivity contribution >= 4 is 35.9 Å². The number of ether oxygens (including phenoxy) is 1. The van der Waals surface area contributed by atoms with Crippen LogP contribution in [0.5, 0.6) is 0 Å². The van der Waals surface area contributed by atoms with Crippen LogP contribution in [0.4, 0.5) is 5.95 Å². The molecule has 7 nitrogen and oxygen atoms in total. The molecule has 3 fully saturated rings. The normalized spacial score (nSPS) is 28.6. The Kier molecular flexibility index (Phi) is 7.95. The zero-order chi connectivity index (χ0) is 19.4. The molecule has 8 heteroatoms. The fourth-order valence-electron chi connectivity index (χ4n) is 5.35. The number of halogens is 1. The van der Waals surface area contributed by atoms with E-state index in [-0.39, 0.29) is 24.0 Å². The molecule has 4 rings (SSSR count). The van der Waals surface area contributed by atoms with Crippen LogP contribution in [-0.2, 0) is 4.74 Å². The van der Waals surface area contributed by atoms with Crippen LogP contribution in [0.3, 0.4) is 0 Å². The number of piperidine rings is 1. The zero-order valence-corrected chi connectivity index (χ0v) is 20.0. The predicted molar refractivity (Wildman–Crippen MR) is 127 cm³/mol. The quantitative estimate of drug-likeness (QED) is 0.358. The van der Waals surface area contributed by atoms with Crippen LogP contribution >= 0.6 is 24.0 Å². The lowest BCUT2D eigenvalue weighted by Gasteiger charge is -2.54. The molecule has 2 saturated carbocycles. The van der Waals surface area contributed by atoms with Crippen LogP contribution < -0.4 is 15.5 Å². The van der Waals surface area contributed by atoms with Gasteiger partial charge in [-0.3, -0.25) is 4.99 Å². The van der Waals surface area contributed by atoms with E-state index in [0.29, 0.717) is 23.6 Å². The summed E-state index contributed by atoms with van der Waals surface area (Å²) in [5, 5.41) is 7.39. The molecule has 162 valence electrons. The van der Waals surface area contributed by atoms with E-state index in [4.69, 9.17) is 4.74 Å². The molecule has 0 radical (unpaired) electrons. The van der Waals surface area contributed by atoms with Crippen LogP contribution in [0, 0.1) is 5.41 Å². The molecular formula is C21H35IN6O. The number of hydrogen-bond donors (Lipinski definition) is 2. The topological polar surface area (TPSA) is 74.7 Å². The lowest BCUT2D eigenvalue weighted by molar-refractivity contribution is -0.125. The molecular weight excluding hydrogens is 479 g/mol. The van der Waals surface area contributed by atoms with Crippen LogP contribution in [0.25, 0.3) is 0 Å². The first kappa shape index (κ1) is 22.5. The molecule has 3 unspecified atom stereocenters. The van der Waals surface area contributed by atoms with Gasteiger partial charge in [0.2, 0.25) is 5.95 Å². The number of anilines is 1. The molecule has 1 spiro atoms. The SMILES string of the molecule is CCOC1CC(NC(=NC)NC2CCCN(c3ncccn3)C2)C12CCCC2.I. The van der Waals surface area contributed by atoms with Gasteiger partial charge in [0.25, 0.3) is 0 Å². The maximum Gasteiger partial charge on any atom is 0.225 e. The highest BCUT2D eigenvalue weighted by Gasteiger charge is 2.57. The van der Waals surface area contributed by atoms with E-state index < -0.39 is 0 Å². The van der Waals surface area contributed by atoms with Gasteiger partial charge in [-0.25, -0.2) is 9.97 Å². The van der Waals surface area contributed by atoms with Crippen molar-refractivity contribution in [2.45, 2.75) is 70.1 Å². The van der Waals surface area contributed by atoms with Gasteiger partial charge in [0.15, 0.2) is 5.96 Å². The first-order valence-electron chi connectivity index (χ1n) is 10.9. The Morgan fingerprint density at radius 3 is 2.69 bits per heavy atom. The van der Waals surface area contributed by atoms with E-state index in [9.17, 15) is 0 Å². The predicted octanol–water partition coefficient (Wildman–Crippen LogP) is 2.97. The molecule has 1 aromatic rings. The molecule has 3 atom stereocenters. The van der Waals surface area contributed by atoms with Crippen LogP contribution in [-0.4, -0.2) is 60.9 Å². The molecule has 1 saturated heterocycles. The molecule has 1 aromatic heterocycles. The van der Waals surface area contributed by atoms with Crippen molar-refractivity contribution < 1.29 is 4.74 Å². The number of rotatable bonds is 5. The number of guanidine groups is 1. The minimum Gasteiger partial charge on any atom is -0.378 e. The number of nitrogens with zero attached hydrogens (tertiary/aromatic N) is 4. The fourth-order valence-corrected chi connectivity index (χ4v) is 5.35. The molecule has 1 aliphatic heterocycles. The average Bonchev–Trinajstić information content (AvgIpc) is 3.26. The number of hydrogen-bond acceptors (Lipinski definition) is 5. The summed E-state index contributed by atoms with van der Waals surface area (Å²) >= 11 is 0. The third-order valence-corrected chi connectivity index (χ3v) is 6.82. The van der Waals surface area contributed by atoms with E-state index in [1.165, 1.54) is 25.7 Å². The molecule has 3 aliphatic rings. The van der Waals surface area contributed by atoms with Crippen molar-refractivity contribution in [1.29, 1.82) is 0 Å². The van der Waals surface area contributed by atoms with E-state index in [1.807, 2.05) is 25.5 Å². The first-order chi connectivity index (χ1) is 13.7. The van der Waals surface area contributed by atoms with Crippen molar-refractivity contribution in [2.24, 2.45) is 10.4 Å². The lowest BCUT2D eigenvalue weighted by Crippen LogP contribution is -2.66. The largest absolute Gasteiger partial charge is 0.378 e. The second-order valence-electron chi connectivity index (χ2n) is 8.37. The van der Waals surface area contributed by atoms with E-state index in [1.54, 1.807) is 0 Å². The number of aromatic nitrogens is 2. The monoisotopic (exact) mass is 514 g/mol. The maximum absolute atomic E-state index is 6.05. The summed E-state index contributed by atoms with van der Waals surface area (Å²) in [6, 6.07) is 2.68. The highest BCUT2D eigenvalue weighted by Crippen LogP contribution is 2.54. The minimum atomic E-state index is 0. The highest BCUT2D eigenvalue weighted by molar-refractivity contribution is 14.0. The minimum absolute atomic E-state index is 0. The summed E-state index contributed by atoms with van der Waals surface area (Å²) in [5.74, 6) is 1.74. The smallest absolute Gasteiger partial charge is 0.225 e. The average molecular weight is 514 g/mol. The number of aliphatic imine (C=N–C) groups is 1. The Bertz CT molecular complexity index is 666. The molecule has 2 N–H and O–H groups in total. The Morgan fingerprint density at radius 1 is 1.24 bits per heavy atom. The Hall–Kier alpha value is -1.16. The number of nitrogens with one attached hydrogen (secondary N) is 2. The molecule has 2 aliphatic carbocycles. The van der Waals surface area contributed by atoms with E-state index >= 15 is 0 Å². The second kappa shape index (κ2) is 10.2. The molecule has 29 heavy (non-hydrogen) atoms. The standard InChI is InChI=1S/C21H34N6O.HI/c1-3-28-18-14-17(21(18)9-4-5-10-21)26-19(22-2)25-16-8-6-13-27(15-16)20-23-11-7-12-24-20;/h7,11-12,16-18H,3-6,8-10,13-15H2,1-2H3,(H2,22,25,26);1H. The zero-order valence-electron chi connectivity index (χ0n) is 17.6. The van der Waals surface area contributed by atoms with Crippen molar-refractivity contribution in [3.05, 3.63) is 18.5 Å². The fraction of sp³-hybridized carbons (Fsp3) is 0.762. The van der Waals surface area contributed by atoms with Gasteiger partial charge in [-0.2, -0.15) is 0 Å². The van der Waals surface area contributed by atoms with Gasteiger partial charge in [0.05, 0.1) is 6.10 Å². The third-order valence-electron chi connectivity index (χ3n) is 6.82. The van der Waals surface area contributed by atoms with Crippen molar-refractivity contribution in [1.82, 2.24) is 20.6 Å². The highest BCUT2D eigenvalue weighted by atomic mass is 127. The van der Waals surface area contributed by atoms with Crippen LogP contribution in [0.2, 0.25) is 0 Å². The Balaban J connectivity index is 0.00000240. The molecule has 2 heterocycles. The summed E-state index contributed by atoms with van der Waals surface area (Å²) < 4.78 is 6.05. The van der Waals surface area contributed by atoms with Crippen LogP contribution in [0.1, 0.15) is 51.9 Å². The summed E-state index contributed by atoms with van der Waals surface area (Å²) in [6.07, 6.45) is 12.6. The second-order valence-corrected chi connectivity index (χ2v) is 8.37. The molecule has 0 amide bonds. The third kappa shape index (κ3) is 4.78. The summed E-state index contributed by atoms with van der Waals surface area (Å²) in [5.41, 5.74) is 0.310. The van der Waals surface area contributed by atoms with Gasteiger partial charge in [-0.1, -0.05) is 12.8 Å². The van der Waals surface area contributed by atoms with Gasteiger partial charge in [0.1, 0.15) is 0 Å². The van der Waals surface area contributed by atoms with Crippen LogP contribution in [0.15, 0.2) is 23.5 Å². The van der Waals surface area contributed by atoms with E-state index in [0.717, 1.165) is 50.9 Å². The van der Waals surface area contributed by atoms with Gasteiger partial charge in [-0.15, -0.1) is 24.0 Å².